The predicted octanol–water partition coefficient (Wildman–Crippen LogP) is 1.41. The summed E-state index contributed by atoms with van der Waals surface area (Å²) in [6, 6.07) is 11.8. The van der Waals surface area contributed by atoms with Gasteiger partial charge in [0.2, 0.25) is 21.8 Å². The highest BCUT2D eigenvalue weighted by molar-refractivity contribution is 7.89. The first kappa shape index (κ1) is 30.4. The molecule has 4 N–H and O–H groups in total. The van der Waals surface area contributed by atoms with Crippen LogP contribution in [0.4, 0.5) is 0 Å². The van der Waals surface area contributed by atoms with Gasteiger partial charge in [-0.2, -0.15) is 4.72 Å². The molecule has 0 saturated carbocycles. The molecule has 2 amide bonds. The lowest BCUT2D eigenvalue weighted by atomic mass is 9.76. The molecule has 10 nitrogen and oxygen atoms in total. The van der Waals surface area contributed by atoms with E-state index < -0.39 is 47.4 Å². The lowest BCUT2D eigenvalue weighted by Crippen LogP contribution is -2.55. The third-order valence-electron chi connectivity index (χ3n) is 6.05. The summed E-state index contributed by atoms with van der Waals surface area (Å²) in [4.78, 5) is 27.3. The van der Waals surface area contributed by atoms with E-state index in [0.717, 1.165) is 11.6 Å². The Balaban J connectivity index is 1.76. The van der Waals surface area contributed by atoms with Crippen LogP contribution in [0, 0.1) is 0 Å². The van der Waals surface area contributed by atoms with Crippen molar-refractivity contribution >= 4 is 52.2 Å². The molecule has 1 aliphatic rings. The van der Waals surface area contributed by atoms with Crippen LogP contribution >= 0.6 is 23.2 Å². The van der Waals surface area contributed by atoms with Crippen molar-refractivity contribution < 1.29 is 32.8 Å². The SMILES string of the molecule is O=C(NC(CCCc1ccccc1)B(O)O)C(CC(=O)N1CCOCC1)NS(=O)(=O)c1cc(Cl)ccc1Cl. The van der Waals surface area contributed by atoms with Crippen molar-refractivity contribution in [2.45, 2.75) is 42.6 Å². The van der Waals surface area contributed by atoms with E-state index in [1.165, 1.54) is 17.0 Å². The molecule has 0 spiro atoms. The molecule has 38 heavy (non-hydrogen) atoms. The van der Waals surface area contributed by atoms with E-state index in [1.807, 2.05) is 30.3 Å². The maximum atomic E-state index is 13.3. The number of nitrogens with one attached hydrogen (secondary N) is 2. The van der Waals surface area contributed by atoms with E-state index in [0.29, 0.717) is 39.1 Å². The van der Waals surface area contributed by atoms with Gasteiger partial charge in [0.15, 0.2) is 0 Å². The first-order valence-electron chi connectivity index (χ1n) is 12.1. The summed E-state index contributed by atoms with van der Waals surface area (Å²) in [7, 11) is -6.29. The van der Waals surface area contributed by atoms with Gasteiger partial charge in [-0.05, 0) is 43.0 Å². The van der Waals surface area contributed by atoms with Gasteiger partial charge in [0.1, 0.15) is 10.9 Å². The van der Waals surface area contributed by atoms with Crippen LogP contribution in [0.5, 0.6) is 0 Å². The number of ether oxygens (including phenoxy) is 1. The maximum Gasteiger partial charge on any atom is 0.475 e. The van der Waals surface area contributed by atoms with E-state index in [-0.39, 0.29) is 21.4 Å². The van der Waals surface area contributed by atoms with Gasteiger partial charge in [0.05, 0.1) is 30.6 Å². The fourth-order valence-electron chi connectivity index (χ4n) is 3.99. The summed E-state index contributed by atoms with van der Waals surface area (Å²) < 4.78 is 33.8. The Labute approximate surface area is 232 Å². The number of morpholine rings is 1. The Morgan fingerprint density at radius 2 is 1.76 bits per heavy atom. The topological polar surface area (TPSA) is 145 Å². The van der Waals surface area contributed by atoms with Gasteiger partial charge < -0.3 is 25.0 Å². The molecule has 1 saturated heterocycles. The lowest BCUT2D eigenvalue weighted by molar-refractivity contribution is -0.138. The second-order valence-corrected chi connectivity index (χ2v) is 11.4. The zero-order chi connectivity index (χ0) is 27.7. The van der Waals surface area contributed by atoms with Crippen molar-refractivity contribution in [3.8, 4) is 0 Å². The van der Waals surface area contributed by atoms with Gasteiger partial charge in [-0.3, -0.25) is 9.59 Å². The number of sulfonamides is 1. The number of rotatable bonds is 12. The molecule has 1 fully saturated rings. The lowest BCUT2D eigenvalue weighted by Gasteiger charge is -2.29. The maximum absolute atomic E-state index is 13.3. The Morgan fingerprint density at radius 1 is 1.08 bits per heavy atom. The third-order valence-corrected chi connectivity index (χ3v) is 8.24. The van der Waals surface area contributed by atoms with Gasteiger partial charge >= 0.3 is 7.12 Å². The van der Waals surface area contributed by atoms with Crippen molar-refractivity contribution in [2.24, 2.45) is 0 Å². The third kappa shape index (κ3) is 8.94. The van der Waals surface area contributed by atoms with Gasteiger partial charge in [-0.15, -0.1) is 0 Å². The van der Waals surface area contributed by atoms with E-state index >= 15 is 0 Å². The molecule has 2 unspecified atom stereocenters. The summed E-state index contributed by atoms with van der Waals surface area (Å²) in [6.45, 7) is 1.26. The summed E-state index contributed by atoms with van der Waals surface area (Å²) >= 11 is 12.0. The number of amides is 2. The molecule has 2 aromatic carbocycles. The van der Waals surface area contributed by atoms with Crippen molar-refractivity contribution in [3.63, 3.8) is 0 Å². The number of nitrogens with zero attached hydrogens (tertiary/aromatic N) is 1. The molecular formula is C24H30BCl2N3O7S. The molecule has 206 valence electrons. The molecule has 0 aromatic heterocycles. The standard InChI is InChI=1S/C24H30BCl2N3O7S/c26-18-9-10-19(27)21(15-18)38(35,36)29-20(16-23(31)30-11-13-37-14-12-30)24(32)28-22(25(33)34)8-4-7-17-5-2-1-3-6-17/h1-3,5-6,9-10,15,20,22,29,33-34H,4,7-8,11-14,16H2,(H,28,32). The number of carbonyl (C=O) groups excluding carboxylic acids is 2. The highest BCUT2D eigenvalue weighted by atomic mass is 35.5. The Morgan fingerprint density at radius 3 is 2.42 bits per heavy atom. The number of aryl methyl sites for hydroxylation is 1. The zero-order valence-electron chi connectivity index (χ0n) is 20.6. The van der Waals surface area contributed by atoms with Crippen molar-refractivity contribution in [3.05, 3.63) is 64.1 Å². The molecule has 1 aliphatic heterocycles. The number of hydrogen-bond donors (Lipinski definition) is 4. The quantitative estimate of drug-likeness (QED) is 0.275. The first-order chi connectivity index (χ1) is 18.1. The van der Waals surface area contributed by atoms with Crippen LogP contribution in [-0.4, -0.2) is 80.6 Å². The van der Waals surface area contributed by atoms with E-state index in [4.69, 9.17) is 27.9 Å². The van der Waals surface area contributed by atoms with E-state index in [2.05, 4.69) is 10.0 Å². The average molecular weight is 586 g/mol. The Hall–Kier alpha value is -2.19. The van der Waals surface area contributed by atoms with Crippen molar-refractivity contribution in [2.75, 3.05) is 26.3 Å². The molecule has 2 aromatic rings. The fraction of sp³-hybridized carbons (Fsp3) is 0.417. The first-order valence-corrected chi connectivity index (χ1v) is 14.3. The normalized spacial score (nSPS) is 15.5. The summed E-state index contributed by atoms with van der Waals surface area (Å²) in [6.07, 6.45) is 0.864. The van der Waals surface area contributed by atoms with Crippen LogP contribution < -0.4 is 10.0 Å². The van der Waals surface area contributed by atoms with Crippen LogP contribution in [0.25, 0.3) is 0 Å². The number of carbonyl (C=O) groups is 2. The Kier molecular flexibility index (Phi) is 11.4. The fourth-order valence-corrected chi connectivity index (χ4v) is 5.95. The van der Waals surface area contributed by atoms with Crippen LogP contribution in [0.2, 0.25) is 10.0 Å². The molecule has 14 heteroatoms. The largest absolute Gasteiger partial charge is 0.475 e. The van der Waals surface area contributed by atoms with E-state index in [1.54, 1.807) is 0 Å². The highest BCUT2D eigenvalue weighted by Crippen LogP contribution is 2.25. The van der Waals surface area contributed by atoms with Gasteiger partial charge in [0.25, 0.3) is 0 Å². The minimum Gasteiger partial charge on any atom is -0.426 e. The van der Waals surface area contributed by atoms with Crippen LogP contribution in [-0.2, 0) is 30.8 Å². The van der Waals surface area contributed by atoms with Crippen LogP contribution in [0.15, 0.2) is 53.4 Å². The predicted molar refractivity (Wildman–Crippen MR) is 144 cm³/mol. The van der Waals surface area contributed by atoms with Crippen molar-refractivity contribution in [1.82, 2.24) is 14.9 Å². The van der Waals surface area contributed by atoms with Crippen LogP contribution in [0.3, 0.4) is 0 Å². The smallest absolute Gasteiger partial charge is 0.426 e. The minimum atomic E-state index is -4.39. The Bertz CT molecular complexity index is 1200. The second-order valence-electron chi connectivity index (χ2n) is 8.85. The molecule has 3 rings (SSSR count). The average Bonchev–Trinajstić information content (AvgIpc) is 2.89. The minimum absolute atomic E-state index is 0.113. The number of hydrogen-bond acceptors (Lipinski definition) is 7. The molecular weight excluding hydrogens is 556 g/mol. The molecule has 2 atom stereocenters. The highest BCUT2D eigenvalue weighted by Gasteiger charge is 2.34. The monoisotopic (exact) mass is 585 g/mol. The van der Waals surface area contributed by atoms with Gasteiger partial charge in [0, 0.05) is 18.1 Å². The van der Waals surface area contributed by atoms with Crippen molar-refractivity contribution in [1.29, 1.82) is 0 Å². The summed E-state index contributed by atoms with van der Waals surface area (Å²) in [5, 5.41) is 22.3. The van der Waals surface area contributed by atoms with Gasteiger partial charge in [-0.1, -0.05) is 53.5 Å². The number of benzene rings is 2. The summed E-state index contributed by atoms with van der Waals surface area (Å²) in [5.41, 5.74) is 1.05. The van der Waals surface area contributed by atoms with Gasteiger partial charge in [-0.25, -0.2) is 8.42 Å². The number of halogens is 2. The van der Waals surface area contributed by atoms with Crippen LogP contribution in [0.1, 0.15) is 24.8 Å². The molecule has 0 aliphatic carbocycles. The second kappa shape index (κ2) is 14.3. The zero-order valence-corrected chi connectivity index (χ0v) is 22.9. The molecule has 1 heterocycles. The van der Waals surface area contributed by atoms with E-state index in [9.17, 15) is 28.1 Å². The molecule has 0 radical (unpaired) electrons. The summed E-state index contributed by atoms with van der Waals surface area (Å²) in [5.74, 6) is -2.43. The molecule has 0 bridgehead atoms.